The van der Waals surface area contributed by atoms with Gasteiger partial charge in [-0.25, -0.2) is 10.2 Å². The normalized spacial score (nSPS) is 11.4. The second-order valence-corrected chi connectivity index (χ2v) is 7.59. The molecule has 0 aliphatic carbocycles. The van der Waals surface area contributed by atoms with Gasteiger partial charge < -0.3 is 4.57 Å². The van der Waals surface area contributed by atoms with E-state index in [0.29, 0.717) is 17.1 Å². The number of hydrogen-bond acceptors (Lipinski definition) is 6. The van der Waals surface area contributed by atoms with Crippen molar-refractivity contribution in [3.63, 3.8) is 0 Å². The van der Waals surface area contributed by atoms with Crippen molar-refractivity contribution in [3.05, 3.63) is 85.2 Å². The summed E-state index contributed by atoms with van der Waals surface area (Å²) >= 11 is 3.38. The highest BCUT2D eigenvalue weighted by Crippen LogP contribution is 2.14. The number of hydrazone groups is 1. The van der Waals surface area contributed by atoms with E-state index < -0.39 is 11.2 Å². The molecule has 0 amide bonds. The van der Waals surface area contributed by atoms with E-state index in [-0.39, 0.29) is 6.54 Å². The maximum atomic E-state index is 13.1. The standard InChI is InChI=1S/C20H18BrN7O2/c1-26-16-17(24-19(26)25-23-11-13-7-9-22-10-8-13)27(2)20(30)28(18(16)29)12-14-3-5-15(21)6-4-14/h3-11H,12H2,1-2H3,(H,24,25). The van der Waals surface area contributed by atoms with Crippen LogP contribution in [0, 0.1) is 0 Å². The van der Waals surface area contributed by atoms with E-state index in [4.69, 9.17) is 0 Å². The number of aryl methyl sites for hydroxylation is 2. The lowest BCUT2D eigenvalue weighted by molar-refractivity contribution is 0.655. The zero-order valence-electron chi connectivity index (χ0n) is 16.3. The highest BCUT2D eigenvalue weighted by Gasteiger charge is 2.18. The minimum atomic E-state index is -0.430. The Morgan fingerprint density at radius 2 is 1.77 bits per heavy atom. The second-order valence-electron chi connectivity index (χ2n) is 6.68. The van der Waals surface area contributed by atoms with Crippen LogP contribution in [0.25, 0.3) is 11.2 Å². The number of hydrogen-bond donors (Lipinski definition) is 1. The molecule has 0 unspecified atom stereocenters. The first-order chi connectivity index (χ1) is 14.5. The molecule has 3 heterocycles. The number of halogens is 1. The Morgan fingerprint density at radius 3 is 2.47 bits per heavy atom. The van der Waals surface area contributed by atoms with E-state index in [0.717, 1.165) is 15.6 Å². The van der Waals surface area contributed by atoms with Crippen LogP contribution in [0.15, 0.2) is 68.0 Å². The Hall–Kier alpha value is -3.53. The van der Waals surface area contributed by atoms with Crippen molar-refractivity contribution in [3.8, 4) is 0 Å². The Bertz CT molecular complexity index is 1350. The van der Waals surface area contributed by atoms with Crippen LogP contribution in [-0.4, -0.2) is 29.9 Å². The zero-order valence-corrected chi connectivity index (χ0v) is 17.9. The van der Waals surface area contributed by atoms with Gasteiger partial charge in [0, 0.05) is 31.0 Å². The van der Waals surface area contributed by atoms with Gasteiger partial charge in [0.2, 0.25) is 5.95 Å². The number of nitrogens with zero attached hydrogens (tertiary/aromatic N) is 6. The largest absolute Gasteiger partial charge is 0.332 e. The third kappa shape index (κ3) is 3.69. The van der Waals surface area contributed by atoms with Crippen LogP contribution in [0.3, 0.4) is 0 Å². The van der Waals surface area contributed by atoms with Crippen LogP contribution < -0.4 is 16.7 Å². The highest BCUT2D eigenvalue weighted by molar-refractivity contribution is 9.10. The predicted molar refractivity (Wildman–Crippen MR) is 119 cm³/mol. The molecule has 4 aromatic rings. The molecule has 0 bridgehead atoms. The van der Waals surface area contributed by atoms with Gasteiger partial charge in [0.1, 0.15) is 0 Å². The summed E-state index contributed by atoms with van der Waals surface area (Å²) in [5.41, 5.74) is 4.31. The van der Waals surface area contributed by atoms with Crippen molar-refractivity contribution in [2.45, 2.75) is 6.54 Å². The lowest BCUT2D eigenvalue weighted by atomic mass is 10.2. The van der Waals surface area contributed by atoms with Crippen LogP contribution in [0.2, 0.25) is 0 Å². The van der Waals surface area contributed by atoms with Crippen molar-refractivity contribution in [1.82, 2.24) is 23.7 Å². The summed E-state index contributed by atoms with van der Waals surface area (Å²) in [6.45, 7) is 0.170. The maximum Gasteiger partial charge on any atom is 0.332 e. The van der Waals surface area contributed by atoms with Crippen molar-refractivity contribution >= 4 is 39.3 Å². The van der Waals surface area contributed by atoms with Crippen LogP contribution in [0.5, 0.6) is 0 Å². The fourth-order valence-electron chi connectivity index (χ4n) is 3.07. The predicted octanol–water partition coefficient (Wildman–Crippen LogP) is 2.09. The summed E-state index contributed by atoms with van der Waals surface area (Å²) in [5.74, 6) is 0.351. The average Bonchev–Trinajstić information content (AvgIpc) is 3.08. The average molecular weight is 468 g/mol. The number of fused-ring (bicyclic) bond motifs is 1. The Kier molecular flexibility index (Phi) is 5.32. The van der Waals surface area contributed by atoms with Gasteiger partial charge in [0.05, 0.1) is 12.8 Å². The second kappa shape index (κ2) is 8.07. The van der Waals surface area contributed by atoms with E-state index in [1.165, 1.54) is 9.13 Å². The molecule has 0 aliphatic rings. The quantitative estimate of drug-likeness (QED) is 0.357. The SMILES string of the molecule is Cn1c(NN=Cc2ccncc2)nc2c1c(=O)n(Cc1ccc(Br)cc1)c(=O)n2C. The Morgan fingerprint density at radius 1 is 1.07 bits per heavy atom. The van der Waals surface area contributed by atoms with Crippen LogP contribution in [0.1, 0.15) is 11.1 Å². The number of aromatic nitrogens is 5. The molecule has 10 heteroatoms. The third-order valence-electron chi connectivity index (χ3n) is 4.70. The first-order valence-corrected chi connectivity index (χ1v) is 9.85. The molecule has 1 aromatic carbocycles. The fourth-order valence-corrected chi connectivity index (χ4v) is 3.33. The molecule has 0 saturated heterocycles. The van der Waals surface area contributed by atoms with Gasteiger partial charge in [-0.3, -0.25) is 18.9 Å². The number of anilines is 1. The summed E-state index contributed by atoms with van der Waals surface area (Å²) in [5, 5.41) is 4.16. The van der Waals surface area contributed by atoms with Gasteiger partial charge >= 0.3 is 5.69 Å². The Labute approximate surface area is 179 Å². The summed E-state index contributed by atoms with van der Waals surface area (Å²) in [7, 11) is 3.30. The smallest absolute Gasteiger partial charge is 0.306 e. The lowest BCUT2D eigenvalue weighted by Gasteiger charge is -2.09. The van der Waals surface area contributed by atoms with E-state index in [1.54, 1.807) is 37.3 Å². The van der Waals surface area contributed by atoms with Gasteiger partial charge in [-0.2, -0.15) is 10.1 Å². The van der Waals surface area contributed by atoms with Crippen LogP contribution in [-0.2, 0) is 20.6 Å². The minimum Gasteiger partial charge on any atom is -0.306 e. The molecule has 0 fully saturated rings. The van der Waals surface area contributed by atoms with Gasteiger partial charge in [-0.1, -0.05) is 28.1 Å². The first kappa shape index (κ1) is 19.8. The molecule has 4 rings (SSSR count). The highest BCUT2D eigenvalue weighted by atomic mass is 79.9. The monoisotopic (exact) mass is 467 g/mol. The van der Waals surface area contributed by atoms with E-state index >= 15 is 0 Å². The van der Waals surface area contributed by atoms with E-state index in [9.17, 15) is 9.59 Å². The van der Waals surface area contributed by atoms with Crippen molar-refractivity contribution < 1.29 is 0 Å². The lowest BCUT2D eigenvalue weighted by Crippen LogP contribution is -2.39. The molecule has 30 heavy (non-hydrogen) atoms. The van der Waals surface area contributed by atoms with Gasteiger partial charge in [0.15, 0.2) is 11.2 Å². The molecule has 0 saturated carbocycles. The zero-order chi connectivity index (χ0) is 21.3. The van der Waals surface area contributed by atoms with Gasteiger partial charge in [-0.05, 0) is 35.4 Å². The van der Waals surface area contributed by atoms with Crippen LogP contribution in [0.4, 0.5) is 5.95 Å². The molecular weight excluding hydrogens is 450 g/mol. The number of pyridine rings is 1. The molecule has 1 N–H and O–H groups in total. The summed E-state index contributed by atoms with van der Waals surface area (Å²) in [4.78, 5) is 34.3. The molecule has 3 aromatic heterocycles. The topological polar surface area (TPSA) is 99.1 Å². The van der Waals surface area contributed by atoms with Crippen LogP contribution >= 0.6 is 15.9 Å². The molecule has 0 atom stereocenters. The Balaban J connectivity index is 1.73. The van der Waals surface area contributed by atoms with E-state index in [1.807, 2.05) is 36.4 Å². The molecular formula is C20H18BrN7O2. The summed E-state index contributed by atoms with van der Waals surface area (Å²) in [6, 6.07) is 11.1. The van der Waals surface area contributed by atoms with Crippen molar-refractivity contribution in [1.29, 1.82) is 0 Å². The third-order valence-corrected chi connectivity index (χ3v) is 5.23. The minimum absolute atomic E-state index is 0.170. The van der Waals surface area contributed by atoms with E-state index in [2.05, 4.69) is 36.4 Å². The van der Waals surface area contributed by atoms with Crippen molar-refractivity contribution in [2.24, 2.45) is 19.2 Å². The summed E-state index contributed by atoms with van der Waals surface area (Å²) in [6.07, 6.45) is 4.95. The molecule has 152 valence electrons. The first-order valence-electron chi connectivity index (χ1n) is 9.05. The number of rotatable bonds is 5. The van der Waals surface area contributed by atoms with Gasteiger partial charge in [-0.15, -0.1) is 0 Å². The van der Waals surface area contributed by atoms with Gasteiger partial charge in [0.25, 0.3) is 5.56 Å². The molecule has 0 radical (unpaired) electrons. The number of nitrogens with one attached hydrogen (secondary N) is 1. The summed E-state index contributed by atoms with van der Waals surface area (Å²) < 4.78 is 5.10. The molecule has 9 nitrogen and oxygen atoms in total. The number of benzene rings is 1. The maximum absolute atomic E-state index is 13.1. The van der Waals surface area contributed by atoms with Crippen molar-refractivity contribution in [2.75, 3.05) is 5.43 Å². The molecule has 0 aliphatic heterocycles. The number of imidazole rings is 1. The molecule has 0 spiro atoms. The fraction of sp³-hybridized carbons (Fsp3) is 0.150.